The van der Waals surface area contributed by atoms with Crippen LogP contribution in [-0.4, -0.2) is 36.2 Å². The molecule has 0 aromatic rings. The van der Waals surface area contributed by atoms with Gasteiger partial charge in [0.25, 0.3) is 5.91 Å². The minimum atomic E-state index is -0.807. The smallest absolute Gasteiger partial charge is 0.311 e. The van der Waals surface area contributed by atoms with Crippen LogP contribution in [0.2, 0.25) is 0 Å². The molecule has 1 amide bonds. The van der Waals surface area contributed by atoms with E-state index in [0.717, 1.165) is 32.1 Å². The molecule has 0 aromatic heterocycles. The summed E-state index contributed by atoms with van der Waals surface area (Å²) < 4.78 is 5.43. The number of rotatable bonds is 5. The second-order valence-corrected chi connectivity index (χ2v) is 5.53. The van der Waals surface area contributed by atoms with Gasteiger partial charge in [-0.15, -0.1) is 0 Å². The van der Waals surface area contributed by atoms with E-state index in [9.17, 15) is 9.59 Å². The van der Waals surface area contributed by atoms with E-state index in [2.05, 4.69) is 5.32 Å². The van der Waals surface area contributed by atoms with Gasteiger partial charge in [0.2, 0.25) is 0 Å². The van der Waals surface area contributed by atoms with E-state index in [0.29, 0.717) is 12.8 Å². The van der Waals surface area contributed by atoms with Crippen molar-refractivity contribution >= 4 is 11.9 Å². The number of carbonyl (C=O) groups is 2. The molecule has 0 radical (unpaired) electrons. The topological polar surface area (TPSA) is 75.6 Å². The maximum absolute atomic E-state index is 12.2. The van der Waals surface area contributed by atoms with Gasteiger partial charge in [-0.25, -0.2) is 0 Å². The van der Waals surface area contributed by atoms with Crippen molar-refractivity contribution in [2.24, 2.45) is 5.41 Å². The van der Waals surface area contributed by atoms with Gasteiger partial charge in [-0.2, -0.15) is 0 Å². The molecule has 2 rings (SSSR count). The molecule has 5 nitrogen and oxygen atoms in total. The summed E-state index contributed by atoms with van der Waals surface area (Å²) in [6.07, 6.45) is 5.89. The highest BCUT2D eigenvalue weighted by atomic mass is 16.5. The predicted octanol–water partition coefficient (Wildman–Crippen LogP) is 1.32. The normalized spacial score (nSPS) is 24.3. The Morgan fingerprint density at radius 3 is 2.22 bits per heavy atom. The zero-order valence-electron chi connectivity index (χ0n) is 10.8. The Bertz CT molecular complexity index is 343. The summed E-state index contributed by atoms with van der Waals surface area (Å²) in [4.78, 5) is 23.3. The zero-order chi connectivity index (χ0) is 13.2. The number of carbonyl (C=O) groups excluding carboxylic acids is 1. The van der Waals surface area contributed by atoms with Gasteiger partial charge in [-0.1, -0.05) is 19.3 Å². The van der Waals surface area contributed by atoms with Gasteiger partial charge in [0.15, 0.2) is 0 Å². The number of carboxylic acid groups (broad SMARTS) is 1. The van der Waals surface area contributed by atoms with Crippen LogP contribution in [0, 0.1) is 5.41 Å². The lowest BCUT2D eigenvalue weighted by molar-refractivity contribution is -0.149. The fraction of sp³-hybridized carbons (Fsp3) is 0.846. The number of amides is 1. The Hall–Kier alpha value is -1.10. The highest BCUT2D eigenvalue weighted by molar-refractivity contribution is 5.86. The lowest BCUT2D eigenvalue weighted by Gasteiger charge is -2.34. The van der Waals surface area contributed by atoms with Crippen LogP contribution < -0.4 is 5.32 Å². The monoisotopic (exact) mass is 255 g/mol. The van der Waals surface area contributed by atoms with Gasteiger partial charge >= 0.3 is 5.97 Å². The number of nitrogens with one attached hydrogen (secondary N) is 1. The number of ether oxygens (including phenoxy) is 1. The van der Waals surface area contributed by atoms with E-state index >= 15 is 0 Å². The molecule has 2 aliphatic rings. The summed E-state index contributed by atoms with van der Waals surface area (Å²) in [6.45, 7) is 0.228. The van der Waals surface area contributed by atoms with E-state index < -0.39 is 17.0 Å². The van der Waals surface area contributed by atoms with E-state index in [1.807, 2.05) is 0 Å². The molecule has 0 atom stereocenters. The van der Waals surface area contributed by atoms with Crippen LogP contribution in [0.5, 0.6) is 0 Å². The quantitative estimate of drug-likeness (QED) is 0.776. The van der Waals surface area contributed by atoms with Crippen molar-refractivity contribution in [1.82, 2.24) is 5.32 Å². The van der Waals surface area contributed by atoms with Crippen molar-refractivity contribution in [2.75, 3.05) is 13.7 Å². The second-order valence-electron chi connectivity index (χ2n) is 5.53. The fourth-order valence-electron chi connectivity index (χ4n) is 2.67. The van der Waals surface area contributed by atoms with Gasteiger partial charge in [0, 0.05) is 13.7 Å². The Kier molecular flexibility index (Phi) is 3.61. The van der Waals surface area contributed by atoms with Crippen molar-refractivity contribution in [3.8, 4) is 0 Å². The lowest BCUT2D eigenvalue weighted by Crippen LogP contribution is -2.51. The van der Waals surface area contributed by atoms with Crippen molar-refractivity contribution in [3.63, 3.8) is 0 Å². The van der Waals surface area contributed by atoms with E-state index in [1.54, 1.807) is 7.11 Å². The van der Waals surface area contributed by atoms with Crippen LogP contribution in [0.1, 0.15) is 44.9 Å². The van der Waals surface area contributed by atoms with Gasteiger partial charge in [-0.3, -0.25) is 9.59 Å². The summed E-state index contributed by atoms with van der Waals surface area (Å²) >= 11 is 0. The molecule has 5 heteroatoms. The average molecular weight is 255 g/mol. The molecular weight excluding hydrogens is 234 g/mol. The van der Waals surface area contributed by atoms with E-state index in [4.69, 9.17) is 9.84 Å². The first kappa shape index (κ1) is 13.3. The molecule has 0 bridgehead atoms. The molecule has 2 N–H and O–H groups in total. The SMILES string of the molecule is COC1(C(=O)NCC2(C(=O)O)CC2)CCCCC1. The first-order chi connectivity index (χ1) is 8.55. The molecule has 0 spiro atoms. The lowest BCUT2D eigenvalue weighted by atomic mass is 9.83. The molecule has 2 saturated carbocycles. The Balaban J connectivity index is 1.92. The standard InChI is InChI=1S/C13H21NO4/c1-18-13(5-3-2-4-6-13)10(15)14-9-12(7-8-12)11(16)17/h2-9H2,1H3,(H,14,15)(H,16,17). The van der Waals surface area contributed by atoms with Crippen LogP contribution >= 0.6 is 0 Å². The highest BCUT2D eigenvalue weighted by Crippen LogP contribution is 2.45. The molecule has 0 saturated heterocycles. The molecule has 0 aromatic carbocycles. The van der Waals surface area contributed by atoms with Crippen LogP contribution in [0.3, 0.4) is 0 Å². The molecule has 2 fully saturated rings. The summed E-state index contributed by atoms with van der Waals surface area (Å²) in [5.74, 6) is -0.949. The fourth-order valence-corrected chi connectivity index (χ4v) is 2.67. The van der Waals surface area contributed by atoms with Crippen molar-refractivity contribution in [2.45, 2.75) is 50.5 Å². The summed E-state index contributed by atoms with van der Waals surface area (Å²) in [7, 11) is 1.56. The summed E-state index contributed by atoms with van der Waals surface area (Å²) in [6, 6.07) is 0. The zero-order valence-corrected chi connectivity index (χ0v) is 10.8. The van der Waals surface area contributed by atoms with Gasteiger partial charge in [0.1, 0.15) is 5.60 Å². The number of methoxy groups -OCH3 is 1. The minimum absolute atomic E-state index is 0.141. The minimum Gasteiger partial charge on any atom is -0.481 e. The number of hydrogen-bond donors (Lipinski definition) is 2. The van der Waals surface area contributed by atoms with Crippen LogP contribution in [0.4, 0.5) is 0 Å². The molecular formula is C13H21NO4. The molecule has 0 aliphatic heterocycles. The molecule has 18 heavy (non-hydrogen) atoms. The average Bonchev–Trinajstić information content (AvgIpc) is 3.18. The largest absolute Gasteiger partial charge is 0.481 e. The predicted molar refractivity (Wildman–Crippen MR) is 65.1 cm³/mol. The number of hydrogen-bond acceptors (Lipinski definition) is 3. The maximum Gasteiger partial charge on any atom is 0.311 e. The Morgan fingerprint density at radius 1 is 1.17 bits per heavy atom. The summed E-state index contributed by atoms with van der Waals surface area (Å²) in [5, 5.41) is 11.8. The third-order valence-electron chi connectivity index (χ3n) is 4.36. The van der Waals surface area contributed by atoms with Crippen LogP contribution in [-0.2, 0) is 14.3 Å². The Morgan fingerprint density at radius 2 is 1.78 bits per heavy atom. The van der Waals surface area contributed by atoms with Crippen molar-refractivity contribution in [3.05, 3.63) is 0 Å². The third-order valence-corrected chi connectivity index (χ3v) is 4.36. The molecule has 0 heterocycles. The first-order valence-corrected chi connectivity index (χ1v) is 6.62. The molecule has 102 valence electrons. The van der Waals surface area contributed by atoms with Gasteiger partial charge < -0.3 is 15.2 Å². The molecule has 2 aliphatic carbocycles. The van der Waals surface area contributed by atoms with Crippen LogP contribution in [0.25, 0.3) is 0 Å². The van der Waals surface area contributed by atoms with E-state index in [-0.39, 0.29) is 12.5 Å². The number of aliphatic carboxylic acids is 1. The Labute approximate surface area is 107 Å². The first-order valence-electron chi connectivity index (χ1n) is 6.62. The highest BCUT2D eigenvalue weighted by Gasteiger charge is 2.51. The van der Waals surface area contributed by atoms with Gasteiger partial charge in [0.05, 0.1) is 5.41 Å². The van der Waals surface area contributed by atoms with Gasteiger partial charge in [-0.05, 0) is 25.7 Å². The van der Waals surface area contributed by atoms with Crippen molar-refractivity contribution in [1.29, 1.82) is 0 Å². The van der Waals surface area contributed by atoms with E-state index in [1.165, 1.54) is 0 Å². The molecule has 0 unspecified atom stereocenters. The van der Waals surface area contributed by atoms with Crippen molar-refractivity contribution < 1.29 is 19.4 Å². The second kappa shape index (κ2) is 4.88. The maximum atomic E-state index is 12.2. The van der Waals surface area contributed by atoms with Crippen LogP contribution in [0.15, 0.2) is 0 Å². The number of carboxylic acids is 1. The third kappa shape index (κ3) is 2.36. The summed E-state index contributed by atoms with van der Waals surface area (Å²) in [5.41, 5.74) is -1.44.